The number of anilines is 1. The Morgan fingerprint density at radius 2 is 2.20 bits per heavy atom. The summed E-state index contributed by atoms with van der Waals surface area (Å²) in [6.45, 7) is 4.48. The molecular formula is C15H21BrN2O2. The lowest BCUT2D eigenvalue weighted by atomic mass is 10.1. The summed E-state index contributed by atoms with van der Waals surface area (Å²) in [7, 11) is 0. The van der Waals surface area contributed by atoms with Gasteiger partial charge in [0.05, 0.1) is 19.1 Å². The first-order chi connectivity index (χ1) is 9.66. The highest BCUT2D eigenvalue weighted by Gasteiger charge is 2.14. The molecule has 0 aromatic heterocycles. The molecule has 1 saturated heterocycles. The van der Waals surface area contributed by atoms with Crippen LogP contribution in [-0.4, -0.2) is 31.7 Å². The molecule has 0 saturated carbocycles. The van der Waals surface area contributed by atoms with Gasteiger partial charge in [-0.25, -0.2) is 0 Å². The molecule has 20 heavy (non-hydrogen) atoms. The number of carbonyl (C=O) groups is 1. The number of amides is 1. The molecule has 110 valence electrons. The number of nitrogens with one attached hydrogen (secondary N) is 2. The van der Waals surface area contributed by atoms with Crippen LogP contribution in [0.1, 0.15) is 24.8 Å². The van der Waals surface area contributed by atoms with E-state index >= 15 is 0 Å². The Morgan fingerprint density at radius 1 is 1.45 bits per heavy atom. The number of hydrogen-bond donors (Lipinski definition) is 2. The van der Waals surface area contributed by atoms with Crippen LogP contribution in [0.15, 0.2) is 22.7 Å². The van der Waals surface area contributed by atoms with Gasteiger partial charge in [-0.05, 0) is 50.6 Å². The molecule has 1 amide bonds. The highest BCUT2D eigenvalue weighted by Crippen LogP contribution is 2.23. The highest BCUT2D eigenvalue weighted by atomic mass is 79.9. The molecule has 1 fully saturated rings. The first-order valence-electron chi connectivity index (χ1n) is 7.04. The Bertz CT molecular complexity index is 459. The van der Waals surface area contributed by atoms with Crippen LogP contribution in [0.25, 0.3) is 0 Å². The first kappa shape index (κ1) is 15.5. The summed E-state index contributed by atoms with van der Waals surface area (Å²) >= 11 is 3.46. The van der Waals surface area contributed by atoms with Gasteiger partial charge in [0.25, 0.3) is 0 Å². The topological polar surface area (TPSA) is 50.4 Å². The normalized spacial score (nSPS) is 16.1. The second-order valence-corrected chi connectivity index (χ2v) is 5.89. The fraction of sp³-hybridized carbons (Fsp3) is 0.533. The van der Waals surface area contributed by atoms with Gasteiger partial charge in [-0.1, -0.05) is 22.0 Å². The minimum atomic E-state index is 0.000124. The van der Waals surface area contributed by atoms with E-state index in [-0.39, 0.29) is 5.91 Å². The van der Waals surface area contributed by atoms with Crippen LogP contribution < -0.4 is 10.6 Å². The van der Waals surface area contributed by atoms with Crippen LogP contribution in [0.5, 0.6) is 0 Å². The molecule has 1 aromatic carbocycles. The average Bonchev–Trinajstić information content (AvgIpc) is 2.45. The summed E-state index contributed by atoms with van der Waals surface area (Å²) in [6, 6.07) is 5.79. The molecule has 1 heterocycles. The fourth-order valence-electron chi connectivity index (χ4n) is 2.24. The van der Waals surface area contributed by atoms with E-state index in [1.54, 1.807) is 0 Å². The van der Waals surface area contributed by atoms with Crippen LogP contribution in [0, 0.1) is 6.92 Å². The molecule has 1 aliphatic rings. The van der Waals surface area contributed by atoms with E-state index in [9.17, 15) is 4.79 Å². The minimum Gasteiger partial charge on any atom is -0.378 e. The minimum absolute atomic E-state index is 0.000124. The quantitative estimate of drug-likeness (QED) is 0.866. The van der Waals surface area contributed by atoms with Crippen molar-refractivity contribution in [1.29, 1.82) is 0 Å². The molecule has 2 N–H and O–H groups in total. The van der Waals surface area contributed by atoms with Gasteiger partial charge >= 0.3 is 0 Å². The van der Waals surface area contributed by atoms with Crippen LogP contribution in [0.4, 0.5) is 5.69 Å². The number of rotatable bonds is 5. The molecule has 5 heteroatoms. The van der Waals surface area contributed by atoms with Gasteiger partial charge in [0.15, 0.2) is 0 Å². The van der Waals surface area contributed by atoms with Crippen molar-refractivity contribution < 1.29 is 9.53 Å². The number of benzene rings is 1. The third kappa shape index (κ3) is 4.58. The Labute approximate surface area is 128 Å². The molecule has 4 nitrogen and oxygen atoms in total. The Kier molecular flexibility index (Phi) is 6.01. The summed E-state index contributed by atoms with van der Waals surface area (Å²) < 4.78 is 6.74. The number of hydrogen-bond acceptors (Lipinski definition) is 3. The Hall–Kier alpha value is -0.910. The van der Waals surface area contributed by atoms with Crippen molar-refractivity contribution in [3.63, 3.8) is 0 Å². The molecular weight excluding hydrogens is 320 g/mol. The SMILES string of the molecule is Cc1c(Br)cccc1NC(=O)CCOC1CCNCC1. The second-order valence-electron chi connectivity index (χ2n) is 5.03. The number of carbonyl (C=O) groups excluding carboxylic acids is 1. The molecule has 0 unspecified atom stereocenters. The molecule has 2 rings (SSSR count). The van der Waals surface area contributed by atoms with Crippen molar-refractivity contribution in [2.45, 2.75) is 32.3 Å². The Morgan fingerprint density at radius 3 is 2.95 bits per heavy atom. The van der Waals surface area contributed by atoms with E-state index in [1.807, 2.05) is 25.1 Å². The van der Waals surface area contributed by atoms with Gasteiger partial charge in [-0.2, -0.15) is 0 Å². The second kappa shape index (κ2) is 7.76. The molecule has 1 aromatic rings. The van der Waals surface area contributed by atoms with Crippen molar-refractivity contribution in [2.75, 3.05) is 25.0 Å². The van der Waals surface area contributed by atoms with Gasteiger partial charge in [0, 0.05) is 10.2 Å². The monoisotopic (exact) mass is 340 g/mol. The van der Waals surface area contributed by atoms with E-state index in [0.717, 1.165) is 41.7 Å². The zero-order valence-corrected chi connectivity index (χ0v) is 13.3. The van der Waals surface area contributed by atoms with Gasteiger partial charge in [-0.3, -0.25) is 4.79 Å². The largest absolute Gasteiger partial charge is 0.378 e. The van der Waals surface area contributed by atoms with Crippen molar-refractivity contribution in [3.8, 4) is 0 Å². The molecule has 0 bridgehead atoms. The summed E-state index contributed by atoms with van der Waals surface area (Å²) in [5.74, 6) is 0.000124. The molecule has 0 spiro atoms. The standard InChI is InChI=1S/C15H21BrN2O2/c1-11-13(16)3-2-4-14(11)18-15(19)7-10-20-12-5-8-17-9-6-12/h2-4,12,17H,5-10H2,1H3,(H,18,19). The average molecular weight is 341 g/mol. The predicted octanol–water partition coefficient (Wildman–Crippen LogP) is 2.85. The van der Waals surface area contributed by atoms with Crippen molar-refractivity contribution in [1.82, 2.24) is 5.32 Å². The maximum Gasteiger partial charge on any atom is 0.226 e. The van der Waals surface area contributed by atoms with Gasteiger partial charge in [0.1, 0.15) is 0 Å². The van der Waals surface area contributed by atoms with Crippen LogP contribution >= 0.6 is 15.9 Å². The maximum absolute atomic E-state index is 11.9. The zero-order valence-electron chi connectivity index (χ0n) is 11.7. The summed E-state index contributed by atoms with van der Waals surface area (Å²) in [5, 5.41) is 6.22. The zero-order chi connectivity index (χ0) is 14.4. The van der Waals surface area contributed by atoms with E-state index in [4.69, 9.17) is 4.74 Å². The van der Waals surface area contributed by atoms with Gasteiger partial charge in [0.2, 0.25) is 5.91 Å². The maximum atomic E-state index is 11.9. The lowest BCUT2D eigenvalue weighted by molar-refractivity contribution is -0.117. The van der Waals surface area contributed by atoms with E-state index in [2.05, 4.69) is 26.6 Å². The van der Waals surface area contributed by atoms with E-state index in [1.165, 1.54) is 0 Å². The van der Waals surface area contributed by atoms with Gasteiger partial charge in [-0.15, -0.1) is 0 Å². The molecule has 0 atom stereocenters. The molecule has 0 radical (unpaired) electrons. The number of halogens is 1. The van der Waals surface area contributed by atoms with E-state index < -0.39 is 0 Å². The molecule has 1 aliphatic heterocycles. The number of ether oxygens (including phenoxy) is 1. The first-order valence-corrected chi connectivity index (χ1v) is 7.83. The highest BCUT2D eigenvalue weighted by molar-refractivity contribution is 9.10. The summed E-state index contributed by atoms with van der Waals surface area (Å²) in [5.41, 5.74) is 1.89. The third-order valence-corrected chi connectivity index (χ3v) is 4.37. The van der Waals surface area contributed by atoms with Crippen LogP contribution in [0.2, 0.25) is 0 Å². The summed E-state index contributed by atoms with van der Waals surface area (Å²) in [4.78, 5) is 11.9. The fourth-order valence-corrected chi connectivity index (χ4v) is 2.60. The smallest absolute Gasteiger partial charge is 0.226 e. The third-order valence-electron chi connectivity index (χ3n) is 3.51. The van der Waals surface area contributed by atoms with Crippen molar-refractivity contribution in [2.24, 2.45) is 0 Å². The van der Waals surface area contributed by atoms with Crippen LogP contribution in [0.3, 0.4) is 0 Å². The molecule has 0 aliphatic carbocycles. The number of piperidine rings is 1. The van der Waals surface area contributed by atoms with Crippen molar-refractivity contribution >= 4 is 27.5 Å². The summed E-state index contributed by atoms with van der Waals surface area (Å²) in [6.07, 6.45) is 2.77. The lowest BCUT2D eigenvalue weighted by Crippen LogP contribution is -2.33. The predicted molar refractivity (Wildman–Crippen MR) is 84.0 cm³/mol. The van der Waals surface area contributed by atoms with Crippen LogP contribution in [-0.2, 0) is 9.53 Å². The van der Waals surface area contributed by atoms with Gasteiger partial charge < -0.3 is 15.4 Å². The Balaban J connectivity index is 1.73. The van der Waals surface area contributed by atoms with Crippen molar-refractivity contribution in [3.05, 3.63) is 28.2 Å². The van der Waals surface area contributed by atoms with E-state index in [0.29, 0.717) is 19.1 Å². The lowest BCUT2D eigenvalue weighted by Gasteiger charge is -2.22.